The Balaban J connectivity index is 1.81. The highest BCUT2D eigenvalue weighted by Gasteiger charge is 2.06. The van der Waals surface area contributed by atoms with Gasteiger partial charge < -0.3 is 20.1 Å². The van der Waals surface area contributed by atoms with Gasteiger partial charge in [-0.05, 0) is 72.5 Å². The molecule has 0 amide bonds. The summed E-state index contributed by atoms with van der Waals surface area (Å²) in [4.78, 5) is 7.33. The van der Waals surface area contributed by atoms with E-state index in [0.717, 1.165) is 22.3 Å². The summed E-state index contributed by atoms with van der Waals surface area (Å²) in [6.07, 6.45) is 1.83. The summed E-state index contributed by atoms with van der Waals surface area (Å²) in [5, 5.41) is 20.9. The first kappa shape index (κ1) is 18.3. The van der Waals surface area contributed by atoms with Gasteiger partial charge in [0.05, 0.1) is 12.8 Å². The Morgan fingerprint density at radius 1 is 1.07 bits per heavy atom. The van der Waals surface area contributed by atoms with E-state index in [-0.39, 0.29) is 5.96 Å². The molecule has 0 radical (unpaired) electrons. The third kappa shape index (κ3) is 4.17. The third-order valence-electron chi connectivity index (χ3n) is 4.21. The fraction of sp³-hybridized carbons (Fsp3) is 0.143. The lowest BCUT2D eigenvalue weighted by Gasteiger charge is -2.09. The normalized spacial score (nSPS) is 11.3. The number of hydrogen-bond acceptors (Lipinski definition) is 3. The van der Waals surface area contributed by atoms with Gasteiger partial charge in [-0.3, -0.25) is 5.41 Å². The van der Waals surface area contributed by atoms with Crippen LogP contribution in [0.2, 0.25) is 0 Å². The van der Waals surface area contributed by atoms with Crippen molar-refractivity contribution in [2.45, 2.75) is 13.8 Å². The number of aromatic nitrogens is 1. The van der Waals surface area contributed by atoms with Gasteiger partial charge in [-0.1, -0.05) is 12.1 Å². The predicted molar refractivity (Wildman–Crippen MR) is 107 cm³/mol. The maximum atomic E-state index is 9.92. The average Bonchev–Trinajstić information content (AvgIpc) is 2.66. The molecule has 1 aromatic heterocycles. The van der Waals surface area contributed by atoms with Gasteiger partial charge in [0.15, 0.2) is 0 Å². The van der Waals surface area contributed by atoms with Crippen LogP contribution in [0, 0.1) is 19.3 Å². The Morgan fingerprint density at radius 2 is 1.78 bits per heavy atom. The van der Waals surface area contributed by atoms with Crippen molar-refractivity contribution in [3.05, 3.63) is 71.3 Å². The highest BCUT2D eigenvalue weighted by molar-refractivity contribution is 5.93. The monoisotopic (exact) mass is 362 g/mol. The van der Waals surface area contributed by atoms with Crippen molar-refractivity contribution < 1.29 is 9.84 Å². The number of benzene rings is 2. The Labute approximate surface area is 157 Å². The van der Waals surface area contributed by atoms with Crippen LogP contribution in [-0.4, -0.2) is 23.2 Å². The molecule has 6 nitrogen and oxygen atoms in total. The van der Waals surface area contributed by atoms with Crippen LogP contribution in [0.1, 0.15) is 11.1 Å². The number of para-hydroxylation sites is 2. The summed E-state index contributed by atoms with van der Waals surface area (Å²) in [6, 6.07) is 15.0. The van der Waals surface area contributed by atoms with E-state index < -0.39 is 0 Å². The Hall–Kier alpha value is -3.54. The Morgan fingerprint density at radius 3 is 2.41 bits per heavy atom. The number of hydrogen-bond donors (Lipinski definition) is 4. The first-order chi connectivity index (χ1) is 13.0. The van der Waals surface area contributed by atoms with Crippen molar-refractivity contribution in [1.82, 2.24) is 4.98 Å². The molecular formula is C21H22N4O2. The summed E-state index contributed by atoms with van der Waals surface area (Å²) in [5.41, 5.74) is 4.89. The number of guanidine groups is 1. The number of rotatable bonds is 3. The van der Waals surface area contributed by atoms with E-state index in [2.05, 4.69) is 15.3 Å². The quantitative estimate of drug-likeness (QED) is 0.420. The lowest BCUT2D eigenvalue weighted by Crippen LogP contribution is -2.15. The summed E-state index contributed by atoms with van der Waals surface area (Å²) in [7, 11) is 1.58. The SMILES string of the molecule is COc1ccccc1NC(=N)/N=c1/ccc(-c2cc(C)c(O)c(C)c2)c[nH]1. The molecule has 3 aromatic rings. The molecule has 0 bridgehead atoms. The standard InChI is InChI=1S/C21H22N4O2/c1-13-10-16(11-14(2)20(13)26)15-8-9-19(23-12-15)25-21(22)24-17-6-4-5-7-18(17)27-3/h4-12,26H,1-3H3,(H3,22,23,24,25). The summed E-state index contributed by atoms with van der Waals surface area (Å²) < 4.78 is 5.26. The van der Waals surface area contributed by atoms with E-state index in [0.29, 0.717) is 22.7 Å². The van der Waals surface area contributed by atoms with Crippen LogP contribution in [0.5, 0.6) is 11.5 Å². The van der Waals surface area contributed by atoms with Crippen molar-refractivity contribution in [3.8, 4) is 22.6 Å². The van der Waals surface area contributed by atoms with E-state index >= 15 is 0 Å². The molecule has 2 aromatic carbocycles. The number of ether oxygens (including phenoxy) is 1. The number of phenolic OH excluding ortho intramolecular Hbond substituents is 1. The molecule has 0 aliphatic carbocycles. The minimum absolute atomic E-state index is 0.000165. The van der Waals surface area contributed by atoms with E-state index in [4.69, 9.17) is 10.1 Å². The maximum Gasteiger partial charge on any atom is 0.221 e. The van der Waals surface area contributed by atoms with Crippen LogP contribution in [0.15, 0.2) is 59.7 Å². The van der Waals surface area contributed by atoms with Gasteiger partial charge in [0, 0.05) is 6.20 Å². The third-order valence-corrected chi connectivity index (χ3v) is 4.21. The second-order valence-corrected chi connectivity index (χ2v) is 6.21. The van der Waals surface area contributed by atoms with Crippen LogP contribution < -0.4 is 15.5 Å². The molecule has 27 heavy (non-hydrogen) atoms. The van der Waals surface area contributed by atoms with Crippen LogP contribution >= 0.6 is 0 Å². The molecule has 0 aliphatic heterocycles. The second-order valence-electron chi connectivity index (χ2n) is 6.21. The highest BCUT2D eigenvalue weighted by Crippen LogP contribution is 2.28. The van der Waals surface area contributed by atoms with E-state index in [1.165, 1.54) is 0 Å². The zero-order valence-electron chi connectivity index (χ0n) is 15.5. The molecule has 0 saturated carbocycles. The van der Waals surface area contributed by atoms with Crippen molar-refractivity contribution in [3.63, 3.8) is 0 Å². The van der Waals surface area contributed by atoms with Gasteiger partial charge in [-0.25, -0.2) is 0 Å². The Bertz CT molecular complexity index is 1010. The fourth-order valence-corrected chi connectivity index (χ4v) is 2.81. The average molecular weight is 362 g/mol. The second kappa shape index (κ2) is 7.78. The van der Waals surface area contributed by atoms with Gasteiger partial charge in [-0.2, -0.15) is 4.99 Å². The number of pyridine rings is 1. The zero-order chi connectivity index (χ0) is 19.4. The molecule has 3 rings (SSSR count). The molecule has 0 unspecified atom stereocenters. The number of aromatic amines is 1. The molecular weight excluding hydrogens is 340 g/mol. The molecule has 0 fully saturated rings. The number of aromatic hydroxyl groups is 1. The zero-order valence-corrected chi connectivity index (χ0v) is 15.5. The van der Waals surface area contributed by atoms with Crippen molar-refractivity contribution in [2.24, 2.45) is 4.99 Å². The molecule has 138 valence electrons. The first-order valence-electron chi connectivity index (χ1n) is 8.50. The number of H-pyrrole nitrogens is 1. The number of methoxy groups -OCH3 is 1. The van der Waals surface area contributed by atoms with Crippen LogP contribution in [0.25, 0.3) is 11.1 Å². The van der Waals surface area contributed by atoms with E-state index in [1.54, 1.807) is 7.11 Å². The number of nitrogens with zero attached hydrogens (tertiary/aromatic N) is 1. The van der Waals surface area contributed by atoms with Gasteiger partial charge in [0.2, 0.25) is 5.96 Å². The number of aryl methyl sites for hydroxylation is 2. The van der Waals surface area contributed by atoms with E-state index in [1.807, 2.05) is 68.6 Å². The summed E-state index contributed by atoms with van der Waals surface area (Å²) >= 11 is 0. The smallest absolute Gasteiger partial charge is 0.221 e. The van der Waals surface area contributed by atoms with Crippen molar-refractivity contribution >= 4 is 11.6 Å². The summed E-state index contributed by atoms with van der Waals surface area (Å²) in [6.45, 7) is 3.76. The van der Waals surface area contributed by atoms with Crippen LogP contribution in [0.3, 0.4) is 0 Å². The van der Waals surface area contributed by atoms with Crippen LogP contribution in [-0.2, 0) is 0 Å². The molecule has 0 aliphatic rings. The van der Waals surface area contributed by atoms with Crippen molar-refractivity contribution in [2.75, 3.05) is 12.4 Å². The topological polar surface area (TPSA) is 93.5 Å². The maximum absolute atomic E-state index is 9.92. The molecule has 6 heteroatoms. The molecule has 0 saturated heterocycles. The predicted octanol–water partition coefficient (Wildman–Crippen LogP) is 3.96. The Kier molecular flexibility index (Phi) is 5.26. The fourth-order valence-electron chi connectivity index (χ4n) is 2.81. The molecule has 4 N–H and O–H groups in total. The molecule has 1 heterocycles. The minimum Gasteiger partial charge on any atom is -0.507 e. The van der Waals surface area contributed by atoms with Gasteiger partial charge in [0.1, 0.15) is 17.0 Å². The van der Waals surface area contributed by atoms with E-state index in [9.17, 15) is 5.11 Å². The first-order valence-corrected chi connectivity index (χ1v) is 8.50. The highest BCUT2D eigenvalue weighted by atomic mass is 16.5. The largest absolute Gasteiger partial charge is 0.507 e. The van der Waals surface area contributed by atoms with Gasteiger partial charge >= 0.3 is 0 Å². The number of anilines is 1. The van der Waals surface area contributed by atoms with Gasteiger partial charge in [-0.15, -0.1) is 0 Å². The number of nitrogens with one attached hydrogen (secondary N) is 3. The summed E-state index contributed by atoms with van der Waals surface area (Å²) in [5.74, 6) is 0.972. The lowest BCUT2D eigenvalue weighted by atomic mass is 10.0. The van der Waals surface area contributed by atoms with Crippen molar-refractivity contribution in [1.29, 1.82) is 5.41 Å². The number of phenols is 1. The molecule has 0 spiro atoms. The van der Waals surface area contributed by atoms with Crippen LogP contribution in [0.4, 0.5) is 5.69 Å². The molecule has 0 atom stereocenters. The lowest BCUT2D eigenvalue weighted by molar-refractivity contribution is 0.417. The minimum atomic E-state index is -0.000165. The van der Waals surface area contributed by atoms with Gasteiger partial charge in [0.25, 0.3) is 0 Å².